The largest absolute Gasteiger partial charge is 0.390 e. The van der Waals surface area contributed by atoms with E-state index in [2.05, 4.69) is 4.90 Å². The molecule has 0 aromatic carbocycles. The molecule has 0 spiro atoms. The summed E-state index contributed by atoms with van der Waals surface area (Å²) in [4.78, 5) is 2.08. The molecule has 19 heavy (non-hydrogen) atoms. The van der Waals surface area contributed by atoms with Gasteiger partial charge in [-0.15, -0.1) is 0 Å². The normalized spacial score (nSPS) is 45.7. The molecule has 5 atom stereocenters. The van der Waals surface area contributed by atoms with E-state index in [-0.39, 0.29) is 18.8 Å². The van der Waals surface area contributed by atoms with Gasteiger partial charge in [0.25, 0.3) is 0 Å². The maximum absolute atomic E-state index is 10.8. The van der Waals surface area contributed by atoms with Crippen LogP contribution in [0.25, 0.3) is 0 Å². The molecule has 1 fully saturated rings. The Labute approximate surface area is 114 Å². The fourth-order valence-corrected chi connectivity index (χ4v) is 3.34. The van der Waals surface area contributed by atoms with Gasteiger partial charge in [0.15, 0.2) is 0 Å². The van der Waals surface area contributed by atoms with Crippen LogP contribution in [0.15, 0.2) is 12.2 Å². The summed E-state index contributed by atoms with van der Waals surface area (Å²) in [6, 6.07) is 0. The van der Waals surface area contributed by atoms with Gasteiger partial charge in [-0.2, -0.15) is 0 Å². The molecule has 2 unspecified atom stereocenters. The summed E-state index contributed by atoms with van der Waals surface area (Å²) in [5.41, 5.74) is -2.76. The number of aliphatic hydroxyl groups excluding tert-OH is 2. The van der Waals surface area contributed by atoms with E-state index in [1.807, 2.05) is 20.2 Å². The molecule has 0 aliphatic heterocycles. The topological polar surface area (TPSA) is 84.2 Å². The van der Waals surface area contributed by atoms with Crippen molar-refractivity contribution in [3.05, 3.63) is 12.2 Å². The van der Waals surface area contributed by atoms with Crippen molar-refractivity contribution in [1.29, 1.82) is 0 Å². The van der Waals surface area contributed by atoms with Crippen molar-refractivity contribution in [2.45, 2.75) is 49.1 Å². The van der Waals surface area contributed by atoms with Gasteiger partial charge < -0.3 is 25.3 Å². The van der Waals surface area contributed by atoms with Gasteiger partial charge in [-0.05, 0) is 33.5 Å². The first-order chi connectivity index (χ1) is 8.78. The third kappa shape index (κ3) is 2.58. The van der Waals surface area contributed by atoms with Gasteiger partial charge in [-0.1, -0.05) is 12.2 Å². The van der Waals surface area contributed by atoms with E-state index in [9.17, 15) is 20.4 Å². The summed E-state index contributed by atoms with van der Waals surface area (Å²) in [6.45, 7) is 0.921. The second-order valence-corrected chi connectivity index (χ2v) is 6.30. The lowest BCUT2D eigenvalue weighted by Crippen LogP contribution is -2.62. The Balaban J connectivity index is 2.06. The first-order valence-electron chi connectivity index (χ1n) is 6.93. The SMILES string of the molecule is CN(C)CCC[C@H]1C=C[C@]2(O)CC(O)C(O)C[C@@]12O. The number of hydrogen-bond donors (Lipinski definition) is 4. The lowest BCUT2D eigenvalue weighted by atomic mass is 9.67. The Morgan fingerprint density at radius 2 is 1.79 bits per heavy atom. The zero-order chi connectivity index (χ0) is 14.3. The second kappa shape index (κ2) is 5.14. The fourth-order valence-electron chi connectivity index (χ4n) is 3.34. The van der Waals surface area contributed by atoms with E-state index in [0.29, 0.717) is 0 Å². The van der Waals surface area contributed by atoms with Crippen LogP contribution in [0, 0.1) is 5.92 Å². The number of fused-ring (bicyclic) bond motifs is 1. The number of hydrogen-bond acceptors (Lipinski definition) is 5. The highest BCUT2D eigenvalue weighted by molar-refractivity contribution is 5.28. The zero-order valence-corrected chi connectivity index (χ0v) is 11.7. The molecule has 1 saturated carbocycles. The average Bonchev–Trinajstić information content (AvgIpc) is 2.53. The molecule has 2 aliphatic rings. The average molecular weight is 271 g/mol. The molecular formula is C14H25NO4. The van der Waals surface area contributed by atoms with Crippen molar-refractivity contribution in [1.82, 2.24) is 4.90 Å². The van der Waals surface area contributed by atoms with E-state index in [1.165, 1.54) is 0 Å². The summed E-state index contributed by atoms with van der Waals surface area (Å²) >= 11 is 0. The van der Waals surface area contributed by atoms with E-state index in [4.69, 9.17) is 0 Å². The van der Waals surface area contributed by atoms with Gasteiger partial charge in [-0.25, -0.2) is 0 Å². The molecule has 5 nitrogen and oxygen atoms in total. The summed E-state index contributed by atoms with van der Waals surface area (Å²) < 4.78 is 0. The van der Waals surface area contributed by atoms with Crippen LogP contribution in [-0.4, -0.2) is 69.4 Å². The predicted molar refractivity (Wildman–Crippen MR) is 71.6 cm³/mol. The van der Waals surface area contributed by atoms with Crippen molar-refractivity contribution in [3.8, 4) is 0 Å². The molecule has 0 amide bonds. The summed E-state index contributed by atoms with van der Waals surface area (Å²) in [6.07, 6.45) is 3.17. The Bertz CT molecular complexity index is 359. The molecule has 110 valence electrons. The zero-order valence-electron chi connectivity index (χ0n) is 11.7. The Kier molecular flexibility index (Phi) is 4.05. The molecule has 0 heterocycles. The second-order valence-electron chi connectivity index (χ2n) is 6.30. The quantitative estimate of drug-likeness (QED) is 0.518. The summed E-state index contributed by atoms with van der Waals surface area (Å²) in [5.74, 6) is -0.167. The highest BCUT2D eigenvalue weighted by Crippen LogP contribution is 2.49. The van der Waals surface area contributed by atoms with Crippen molar-refractivity contribution in [2.24, 2.45) is 5.92 Å². The highest BCUT2D eigenvalue weighted by Gasteiger charge is 2.60. The number of aliphatic hydroxyl groups is 4. The third-order valence-electron chi connectivity index (χ3n) is 4.57. The molecule has 0 aromatic heterocycles. The third-order valence-corrected chi connectivity index (χ3v) is 4.57. The summed E-state index contributed by atoms with van der Waals surface area (Å²) in [5, 5.41) is 40.8. The fraction of sp³-hybridized carbons (Fsp3) is 0.857. The Hall–Kier alpha value is -0.460. The van der Waals surface area contributed by atoms with E-state index >= 15 is 0 Å². The monoisotopic (exact) mass is 271 g/mol. The van der Waals surface area contributed by atoms with E-state index in [1.54, 1.807) is 6.08 Å². The predicted octanol–water partition coefficient (Wildman–Crippen LogP) is -0.508. The van der Waals surface area contributed by atoms with Gasteiger partial charge in [0.05, 0.1) is 12.2 Å². The van der Waals surface area contributed by atoms with Crippen LogP contribution in [0.4, 0.5) is 0 Å². The molecule has 2 aliphatic carbocycles. The molecule has 5 heteroatoms. The summed E-state index contributed by atoms with van der Waals surface area (Å²) in [7, 11) is 3.99. The van der Waals surface area contributed by atoms with Gasteiger partial charge >= 0.3 is 0 Å². The van der Waals surface area contributed by atoms with Crippen LogP contribution in [-0.2, 0) is 0 Å². The molecular weight excluding hydrogens is 246 g/mol. The smallest absolute Gasteiger partial charge is 0.115 e. The van der Waals surface area contributed by atoms with Crippen LogP contribution in [0.1, 0.15) is 25.7 Å². The standard InChI is InChI=1S/C14H25NO4/c1-15(2)7-3-4-10-5-6-13(18)8-11(16)12(17)9-14(10,13)19/h5-6,10-12,16-19H,3-4,7-9H2,1-2H3/t10-,11?,12?,13-,14+/m0/s1. The van der Waals surface area contributed by atoms with E-state index < -0.39 is 23.4 Å². The van der Waals surface area contributed by atoms with Crippen LogP contribution in [0.5, 0.6) is 0 Å². The van der Waals surface area contributed by atoms with Crippen molar-refractivity contribution < 1.29 is 20.4 Å². The molecule has 0 bridgehead atoms. The maximum Gasteiger partial charge on any atom is 0.115 e. The molecule has 4 N–H and O–H groups in total. The van der Waals surface area contributed by atoms with Crippen LogP contribution in [0.2, 0.25) is 0 Å². The van der Waals surface area contributed by atoms with Gasteiger partial charge in [0.1, 0.15) is 11.2 Å². The van der Waals surface area contributed by atoms with Gasteiger partial charge in [-0.3, -0.25) is 0 Å². The van der Waals surface area contributed by atoms with Gasteiger partial charge in [0, 0.05) is 18.8 Å². The molecule has 2 rings (SSSR count). The van der Waals surface area contributed by atoms with Crippen molar-refractivity contribution in [3.63, 3.8) is 0 Å². The maximum atomic E-state index is 10.8. The van der Waals surface area contributed by atoms with Crippen molar-refractivity contribution >= 4 is 0 Å². The van der Waals surface area contributed by atoms with Crippen LogP contribution >= 0.6 is 0 Å². The minimum Gasteiger partial charge on any atom is -0.390 e. The minimum atomic E-state index is -1.41. The van der Waals surface area contributed by atoms with Crippen molar-refractivity contribution in [2.75, 3.05) is 20.6 Å². The van der Waals surface area contributed by atoms with E-state index in [0.717, 1.165) is 19.4 Å². The number of nitrogens with zero attached hydrogens (tertiary/aromatic N) is 1. The Morgan fingerprint density at radius 3 is 2.42 bits per heavy atom. The van der Waals surface area contributed by atoms with Crippen LogP contribution < -0.4 is 0 Å². The first-order valence-corrected chi connectivity index (χ1v) is 6.93. The molecule has 0 aromatic rings. The molecule has 0 saturated heterocycles. The minimum absolute atomic E-state index is 0.00858. The lowest BCUT2D eigenvalue weighted by molar-refractivity contribution is -0.208. The first kappa shape index (κ1) is 14.9. The molecule has 0 radical (unpaired) electrons. The Morgan fingerprint density at radius 1 is 1.16 bits per heavy atom. The van der Waals surface area contributed by atoms with Crippen LogP contribution in [0.3, 0.4) is 0 Å². The highest BCUT2D eigenvalue weighted by atomic mass is 16.4. The van der Waals surface area contributed by atoms with Gasteiger partial charge in [0.2, 0.25) is 0 Å². The lowest BCUT2D eigenvalue weighted by Gasteiger charge is -2.48. The number of rotatable bonds is 4.